The van der Waals surface area contributed by atoms with Gasteiger partial charge in [-0.05, 0) is 19.3 Å². The number of rotatable bonds is 4. The van der Waals surface area contributed by atoms with E-state index in [0.29, 0.717) is 30.2 Å². The minimum Gasteiger partial charge on any atom is -0.171 e. The average molecular weight is 313 g/mol. The highest BCUT2D eigenvalue weighted by molar-refractivity contribution is 7.11. The maximum absolute atomic E-state index is 13.0. The van der Waals surface area contributed by atoms with Crippen molar-refractivity contribution in [2.45, 2.75) is 50.6 Å². The van der Waals surface area contributed by atoms with Gasteiger partial charge < -0.3 is 0 Å². The monoisotopic (exact) mass is 312 g/mol. The van der Waals surface area contributed by atoms with Gasteiger partial charge in [-0.15, -0.1) is 33.1 Å². The molecule has 1 aliphatic rings. The molecule has 0 spiro atoms. The second kappa shape index (κ2) is 6.39. The van der Waals surface area contributed by atoms with Crippen molar-refractivity contribution in [2.75, 3.05) is 5.88 Å². The zero-order valence-electron chi connectivity index (χ0n) is 10.4. The molecular formula is C12H16ClF3N2S. The topological polar surface area (TPSA) is 25.8 Å². The molecule has 1 aromatic heterocycles. The SMILES string of the molecule is FC(F)(F)C1CCCCC1c1nnc(CCCCl)s1. The third-order valence-corrected chi connectivity index (χ3v) is 4.89. The molecule has 2 nitrogen and oxygen atoms in total. The van der Waals surface area contributed by atoms with Crippen LogP contribution in [0.25, 0.3) is 0 Å². The highest BCUT2D eigenvalue weighted by atomic mass is 35.5. The van der Waals surface area contributed by atoms with E-state index in [-0.39, 0.29) is 6.42 Å². The van der Waals surface area contributed by atoms with Crippen LogP contribution in [-0.2, 0) is 6.42 Å². The Hall–Kier alpha value is -0.360. The van der Waals surface area contributed by atoms with Crippen molar-refractivity contribution in [2.24, 2.45) is 5.92 Å². The molecule has 0 radical (unpaired) electrons. The molecular weight excluding hydrogens is 297 g/mol. The van der Waals surface area contributed by atoms with E-state index in [1.165, 1.54) is 11.3 Å². The second-order valence-corrected chi connectivity index (χ2v) is 6.34. The molecule has 0 saturated heterocycles. The molecule has 2 rings (SSSR count). The van der Waals surface area contributed by atoms with Crippen LogP contribution < -0.4 is 0 Å². The Bertz CT molecular complexity index is 408. The smallest absolute Gasteiger partial charge is 0.171 e. The molecule has 1 heterocycles. The van der Waals surface area contributed by atoms with Crippen LogP contribution in [0.3, 0.4) is 0 Å². The lowest BCUT2D eigenvalue weighted by atomic mass is 9.79. The molecule has 1 aromatic rings. The lowest BCUT2D eigenvalue weighted by molar-refractivity contribution is -0.187. The molecule has 0 aliphatic heterocycles. The van der Waals surface area contributed by atoms with E-state index >= 15 is 0 Å². The first-order chi connectivity index (χ1) is 9.02. The summed E-state index contributed by atoms with van der Waals surface area (Å²) in [5.74, 6) is -1.23. The van der Waals surface area contributed by atoms with E-state index in [0.717, 1.165) is 17.8 Å². The van der Waals surface area contributed by atoms with Gasteiger partial charge in [-0.25, -0.2) is 0 Å². The second-order valence-electron chi connectivity index (χ2n) is 4.87. The number of halogens is 4. The highest BCUT2D eigenvalue weighted by Crippen LogP contribution is 2.46. The Labute approximate surface area is 119 Å². The molecule has 108 valence electrons. The fraction of sp³-hybridized carbons (Fsp3) is 0.833. The molecule has 1 aliphatic carbocycles. The van der Waals surface area contributed by atoms with Gasteiger partial charge >= 0.3 is 6.18 Å². The van der Waals surface area contributed by atoms with E-state index in [1.54, 1.807) is 0 Å². The summed E-state index contributed by atoms with van der Waals surface area (Å²) >= 11 is 6.92. The standard InChI is InChI=1S/C12H16ClF3N2S/c13-7-3-6-10-17-18-11(19-10)8-4-1-2-5-9(8)12(14,15)16/h8-9H,1-7H2. The number of alkyl halides is 4. The lowest BCUT2D eigenvalue weighted by Crippen LogP contribution is -2.31. The summed E-state index contributed by atoms with van der Waals surface area (Å²) < 4.78 is 39.1. The van der Waals surface area contributed by atoms with E-state index in [9.17, 15) is 13.2 Å². The van der Waals surface area contributed by atoms with Gasteiger partial charge in [0.1, 0.15) is 10.0 Å². The predicted molar refractivity (Wildman–Crippen MR) is 69.7 cm³/mol. The number of hydrogen-bond donors (Lipinski definition) is 0. The van der Waals surface area contributed by atoms with Crippen molar-refractivity contribution >= 4 is 22.9 Å². The summed E-state index contributed by atoms with van der Waals surface area (Å²) in [4.78, 5) is 0. The van der Waals surface area contributed by atoms with Crippen molar-refractivity contribution in [3.05, 3.63) is 10.0 Å². The maximum atomic E-state index is 13.0. The Morgan fingerprint density at radius 3 is 2.63 bits per heavy atom. The zero-order chi connectivity index (χ0) is 13.9. The summed E-state index contributed by atoms with van der Waals surface area (Å²) in [6, 6.07) is 0. The van der Waals surface area contributed by atoms with E-state index < -0.39 is 18.0 Å². The zero-order valence-corrected chi connectivity index (χ0v) is 12.0. The molecule has 2 unspecified atom stereocenters. The maximum Gasteiger partial charge on any atom is 0.392 e. The fourth-order valence-corrected chi connectivity index (χ4v) is 3.77. The Morgan fingerprint density at radius 1 is 1.21 bits per heavy atom. The van der Waals surface area contributed by atoms with Crippen LogP contribution in [0.4, 0.5) is 13.2 Å². The first-order valence-electron chi connectivity index (χ1n) is 6.47. The first-order valence-corrected chi connectivity index (χ1v) is 7.82. The van der Waals surface area contributed by atoms with Crippen molar-refractivity contribution in [1.29, 1.82) is 0 Å². The van der Waals surface area contributed by atoms with E-state index in [1.807, 2.05) is 0 Å². The van der Waals surface area contributed by atoms with Crippen LogP contribution in [0, 0.1) is 5.92 Å². The normalized spacial score (nSPS) is 24.6. The largest absolute Gasteiger partial charge is 0.392 e. The van der Waals surface area contributed by atoms with Crippen LogP contribution in [0.1, 0.15) is 48.0 Å². The molecule has 0 bridgehead atoms. The molecule has 7 heteroatoms. The Morgan fingerprint density at radius 2 is 1.95 bits per heavy atom. The van der Waals surface area contributed by atoms with Crippen LogP contribution in [0.15, 0.2) is 0 Å². The third kappa shape index (κ3) is 3.81. The predicted octanol–water partition coefficient (Wildman–Crippen LogP) is 4.55. The first kappa shape index (κ1) is 15.0. The van der Waals surface area contributed by atoms with E-state index in [2.05, 4.69) is 10.2 Å². The number of hydrogen-bond acceptors (Lipinski definition) is 3. The Kier molecular flexibility index (Phi) is 5.06. The molecule has 2 atom stereocenters. The van der Waals surface area contributed by atoms with Crippen molar-refractivity contribution in [3.63, 3.8) is 0 Å². The molecule has 0 aromatic carbocycles. The van der Waals surface area contributed by atoms with Gasteiger partial charge in [0.25, 0.3) is 0 Å². The molecule has 0 amide bonds. The summed E-state index contributed by atoms with van der Waals surface area (Å²) in [5.41, 5.74) is 0. The molecule has 19 heavy (non-hydrogen) atoms. The highest BCUT2D eigenvalue weighted by Gasteiger charge is 2.47. The summed E-state index contributed by atoms with van der Waals surface area (Å²) in [6.45, 7) is 0. The minimum absolute atomic E-state index is 0.213. The van der Waals surface area contributed by atoms with Crippen molar-refractivity contribution in [1.82, 2.24) is 10.2 Å². The number of nitrogens with zero attached hydrogens (tertiary/aromatic N) is 2. The number of aromatic nitrogens is 2. The molecule has 0 N–H and O–H groups in total. The summed E-state index contributed by atoms with van der Waals surface area (Å²) in [5, 5.41) is 9.31. The van der Waals surface area contributed by atoms with Crippen LogP contribution in [-0.4, -0.2) is 22.3 Å². The molecule has 1 saturated carbocycles. The van der Waals surface area contributed by atoms with Gasteiger partial charge in [0.2, 0.25) is 0 Å². The average Bonchev–Trinajstić information content (AvgIpc) is 2.84. The van der Waals surface area contributed by atoms with Gasteiger partial charge in [0.05, 0.1) is 5.92 Å². The van der Waals surface area contributed by atoms with Crippen molar-refractivity contribution in [3.8, 4) is 0 Å². The fourth-order valence-electron chi connectivity index (χ4n) is 2.55. The minimum atomic E-state index is -4.13. The molecule has 1 fully saturated rings. The summed E-state index contributed by atoms with van der Waals surface area (Å²) in [7, 11) is 0. The van der Waals surface area contributed by atoms with Gasteiger partial charge in [0, 0.05) is 18.2 Å². The van der Waals surface area contributed by atoms with Crippen molar-refractivity contribution < 1.29 is 13.2 Å². The lowest BCUT2D eigenvalue weighted by Gasteiger charge is -2.31. The number of aryl methyl sites for hydroxylation is 1. The van der Waals surface area contributed by atoms with Gasteiger partial charge in [-0.2, -0.15) is 13.2 Å². The van der Waals surface area contributed by atoms with Crippen LogP contribution >= 0.6 is 22.9 Å². The quantitative estimate of drug-likeness (QED) is 0.762. The summed E-state index contributed by atoms with van der Waals surface area (Å²) in [6.07, 6.45) is -0.382. The van der Waals surface area contributed by atoms with Crippen LogP contribution in [0.5, 0.6) is 0 Å². The van der Waals surface area contributed by atoms with Gasteiger partial charge in [0.15, 0.2) is 0 Å². The van der Waals surface area contributed by atoms with Gasteiger partial charge in [-0.1, -0.05) is 12.8 Å². The van der Waals surface area contributed by atoms with Crippen LogP contribution in [0.2, 0.25) is 0 Å². The van der Waals surface area contributed by atoms with E-state index in [4.69, 9.17) is 11.6 Å². The third-order valence-electron chi connectivity index (χ3n) is 3.51. The Balaban J connectivity index is 2.11. The van der Waals surface area contributed by atoms with Gasteiger partial charge in [-0.3, -0.25) is 0 Å².